The van der Waals surface area contributed by atoms with Crippen LogP contribution in [0, 0.1) is 0 Å². The Balaban J connectivity index is 2.50. The zero-order valence-electron chi connectivity index (χ0n) is 10.4. The highest BCUT2D eigenvalue weighted by Crippen LogP contribution is 2.29. The molecule has 4 N–H and O–H groups in total. The molecule has 1 aliphatic rings. The van der Waals surface area contributed by atoms with Gasteiger partial charge in [0.05, 0.1) is 12.2 Å². The van der Waals surface area contributed by atoms with E-state index in [0.29, 0.717) is 3.58 Å². The molecule has 21 heavy (non-hydrogen) atoms. The highest BCUT2D eigenvalue weighted by atomic mass is 127. The first-order valence-corrected chi connectivity index (χ1v) is 8.17. The van der Waals surface area contributed by atoms with Crippen molar-refractivity contribution in [2.45, 2.75) is 24.5 Å². The molecule has 0 saturated carbocycles. The standard InChI is InChI=1S/C11H12I2N2O6/c12-1-5(13)4-2-15(11(20)14-9(4)19)10-8(18)7(17)6(3-16)21-10/h1-2,6-8,10,16-18H,3H2,(H,14,19,20)/t6-,7-,8-,10-/m1/s1. The Morgan fingerprint density at radius 1 is 1.43 bits per heavy atom. The van der Waals surface area contributed by atoms with E-state index in [1.165, 1.54) is 6.20 Å². The van der Waals surface area contributed by atoms with Crippen molar-refractivity contribution in [3.8, 4) is 0 Å². The lowest BCUT2D eigenvalue weighted by molar-refractivity contribution is -0.0550. The zero-order chi connectivity index (χ0) is 15.7. The van der Waals surface area contributed by atoms with Gasteiger partial charge in [-0.15, -0.1) is 0 Å². The van der Waals surface area contributed by atoms with Crippen molar-refractivity contribution in [2.24, 2.45) is 0 Å². The summed E-state index contributed by atoms with van der Waals surface area (Å²) in [4.78, 5) is 25.8. The van der Waals surface area contributed by atoms with E-state index in [-0.39, 0.29) is 5.56 Å². The maximum absolute atomic E-state index is 11.9. The van der Waals surface area contributed by atoms with Crippen molar-refractivity contribution in [3.05, 3.63) is 36.7 Å². The number of nitrogens with zero attached hydrogens (tertiary/aromatic N) is 1. The molecule has 0 aliphatic carbocycles. The van der Waals surface area contributed by atoms with E-state index in [1.807, 2.05) is 45.2 Å². The molecule has 0 bridgehead atoms. The Morgan fingerprint density at radius 2 is 2.10 bits per heavy atom. The van der Waals surface area contributed by atoms with Gasteiger partial charge in [-0.1, -0.05) is 22.6 Å². The highest BCUT2D eigenvalue weighted by Gasteiger charge is 2.43. The van der Waals surface area contributed by atoms with Gasteiger partial charge in [0.15, 0.2) is 6.23 Å². The second-order valence-electron chi connectivity index (χ2n) is 4.40. The molecule has 1 fully saturated rings. The molecule has 0 spiro atoms. The monoisotopic (exact) mass is 522 g/mol. The first kappa shape index (κ1) is 17.1. The van der Waals surface area contributed by atoms with Crippen LogP contribution in [0.1, 0.15) is 11.8 Å². The first-order chi connectivity index (χ1) is 9.90. The molecule has 1 aromatic rings. The fourth-order valence-corrected chi connectivity index (χ4v) is 2.73. The van der Waals surface area contributed by atoms with Gasteiger partial charge in [0.1, 0.15) is 18.3 Å². The molecule has 1 saturated heterocycles. The average Bonchev–Trinajstić information content (AvgIpc) is 2.74. The summed E-state index contributed by atoms with van der Waals surface area (Å²) in [6.07, 6.45) is -3.62. The summed E-state index contributed by atoms with van der Waals surface area (Å²) in [6.45, 7) is -0.495. The first-order valence-electron chi connectivity index (χ1n) is 5.85. The van der Waals surface area contributed by atoms with Crippen LogP contribution in [0.2, 0.25) is 0 Å². The van der Waals surface area contributed by atoms with Gasteiger partial charge in [-0.2, -0.15) is 0 Å². The van der Waals surface area contributed by atoms with Gasteiger partial charge >= 0.3 is 5.69 Å². The highest BCUT2D eigenvalue weighted by molar-refractivity contribution is 14.1. The van der Waals surface area contributed by atoms with E-state index in [1.54, 1.807) is 4.08 Å². The molecule has 10 heteroatoms. The second-order valence-corrected chi connectivity index (χ2v) is 6.18. The number of H-pyrrole nitrogens is 1. The largest absolute Gasteiger partial charge is 0.394 e. The molecule has 2 rings (SSSR count). The third-order valence-corrected chi connectivity index (χ3v) is 5.82. The quantitative estimate of drug-likeness (QED) is 0.391. The Morgan fingerprint density at radius 3 is 2.62 bits per heavy atom. The van der Waals surface area contributed by atoms with Crippen LogP contribution in [0.25, 0.3) is 3.58 Å². The number of aliphatic hydroxyl groups excluding tert-OH is 3. The maximum Gasteiger partial charge on any atom is 0.330 e. The van der Waals surface area contributed by atoms with Crippen LogP contribution in [0.4, 0.5) is 0 Å². The number of hydrogen-bond donors (Lipinski definition) is 4. The number of aromatic amines is 1. The number of aliphatic hydroxyl groups is 3. The summed E-state index contributed by atoms with van der Waals surface area (Å²) < 4.78 is 8.54. The van der Waals surface area contributed by atoms with Gasteiger partial charge in [0.25, 0.3) is 5.56 Å². The van der Waals surface area contributed by atoms with Crippen LogP contribution < -0.4 is 11.2 Å². The molecular weight excluding hydrogens is 510 g/mol. The van der Waals surface area contributed by atoms with E-state index in [9.17, 15) is 19.8 Å². The SMILES string of the molecule is O=c1[nH]c(=O)n([C@@H]2O[C@H](CO)[C@@H](O)[C@H]2O)cc1C(I)=CI. The summed E-state index contributed by atoms with van der Waals surface area (Å²) >= 11 is 3.89. The zero-order valence-corrected chi connectivity index (χ0v) is 14.8. The number of ether oxygens (including phenoxy) is 1. The van der Waals surface area contributed by atoms with Crippen molar-refractivity contribution >= 4 is 48.8 Å². The van der Waals surface area contributed by atoms with Crippen molar-refractivity contribution < 1.29 is 20.1 Å². The fraction of sp³-hybridized carbons (Fsp3) is 0.455. The van der Waals surface area contributed by atoms with Crippen LogP contribution in [0.5, 0.6) is 0 Å². The number of nitrogens with one attached hydrogen (secondary N) is 1. The van der Waals surface area contributed by atoms with E-state index in [4.69, 9.17) is 9.84 Å². The summed E-state index contributed by atoms with van der Waals surface area (Å²) in [7, 11) is 0. The van der Waals surface area contributed by atoms with E-state index in [0.717, 1.165) is 4.57 Å². The van der Waals surface area contributed by atoms with E-state index < -0.39 is 42.4 Å². The van der Waals surface area contributed by atoms with Crippen LogP contribution in [-0.4, -0.2) is 49.8 Å². The number of aromatic nitrogens is 2. The number of rotatable bonds is 3. The minimum Gasteiger partial charge on any atom is -0.394 e. The van der Waals surface area contributed by atoms with Crippen molar-refractivity contribution in [3.63, 3.8) is 0 Å². The molecule has 4 atom stereocenters. The third kappa shape index (κ3) is 3.24. The second kappa shape index (κ2) is 6.87. The minimum absolute atomic E-state index is 0.238. The summed E-state index contributed by atoms with van der Waals surface area (Å²) in [5.74, 6) is 0. The minimum atomic E-state index is -1.39. The normalized spacial score (nSPS) is 29.9. The smallest absolute Gasteiger partial charge is 0.330 e. The maximum atomic E-state index is 11.9. The van der Waals surface area contributed by atoms with E-state index >= 15 is 0 Å². The number of halogens is 2. The summed E-state index contributed by atoms with van der Waals surface area (Å²) in [6, 6.07) is 0. The lowest BCUT2D eigenvalue weighted by Crippen LogP contribution is -2.38. The molecule has 8 nitrogen and oxygen atoms in total. The molecule has 0 radical (unpaired) electrons. The molecule has 0 amide bonds. The Labute approximate surface area is 145 Å². The van der Waals surface area contributed by atoms with Gasteiger partial charge in [0, 0.05) is 9.78 Å². The molecule has 0 aromatic carbocycles. The molecular formula is C11H12I2N2O6. The Bertz CT molecular complexity index is 669. The van der Waals surface area contributed by atoms with Crippen molar-refractivity contribution in [2.75, 3.05) is 6.61 Å². The van der Waals surface area contributed by atoms with Crippen LogP contribution >= 0.6 is 45.2 Å². The van der Waals surface area contributed by atoms with Crippen molar-refractivity contribution in [1.82, 2.24) is 9.55 Å². The third-order valence-electron chi connectivity index (χ3n) is 3.11. The van der Waals surface area contributed by atoms with E-state index in [2.05, 4.69) is 4.98 Å². The van der Waals surface area contributed by atoms with Crippen LogP contribution in [0.15, 0.2) is 19.9 Å². The van der Waals surface area contributed by atoms with Crippen molar-refractivity contribution in [1.29, 1.82) is 0 Å². The predicted octanol–water partition coefficient (Wildman–Crippen LogP) is -0.683. The van der Waals surface area contributed by atoms with Gasteiger partial charge < -0.3 is 20.1 Å². The van der Waals surface area contributed by atoms with Crippen LogP contribution in [-0.2, 0) is 4.74 Å². The molecule has 116 valence electrons. The van der Waals surface area contributed by atoms with Gasteiger partial charge in [-0.3, -0.25) is 14.3 Å². The lowest BCUT2D eigenvalue weighted by atomic mass is 10.1. The molecule has 0 unspecified atom stereocenters. The van der Waals surface area contributed by atoms with Gasteiger partial charge in [-0.25, -0.2) is 4.79 Å². The fourth-order valence-electron chi connectivity index (χ4n) is 2.01. The Hall–Kier alpha value is -0.280. The van der Waals surface area contributed by atoms with Crippen LogP contribution in [0.3, 0.4) is 0 Å². The number of hydrogen-bond acceptors (Lipinski definition) is 6. The molecule has 1 aliphatic heterocycles. The topological polar surface area (TPSA) is 125 Å². The molecule has 1 aromatic heterocycles. The Kier molecular flexibility index (Phi) is 5.59. The summed E-state index contributed by atoms with van der Waals surface area (Å²) in [5, 5.41) is 28.7. The van der Waals surface area contributed by atoms with Gasteiger partial charge in [0.2, 0.25) is 0 Å². The average molecular weight is 522 g/mol. The predicted molar refractivity (Wildman–Crippen MR) is 90.3 cm³/mol. The molecule has 2 heterocycles. The lowest BCUT2D eigenvalue weighted by Gasteiger charge is -2.17. The van der Waals surface area contributed by atoms with Gasteiger partial charge in [-0.05, 0) is 26.7 Å². The summed E-state index contributed by atoms with van der Waals surface area (Å²) in [5.41, 5.74) is -1.08.